The summed E-state index contributed by atoms with van der Waals surface area (Å²) >= 11 is 7.68. The summed E-state index contributed by atoms with van der Waals surface area (Å²) in [6, 6.07) is 5.64. The zero-order valence-electron chi connectivity index (χ0n) is 10.7. The van der Waals surface area contributed by atoms with Crippen molar-refractivity contribution < 1.29 is 9.53 Å². The molecule has 19 heavy (non-hydrogen) atoms. The summed E-state index contributed by atoms with van der Waals surface area (Å²) in [6.07, 6.45) is 2.37. The van der Waals surface area contributed by atoms with Crippen molar-refractivity contribution in [2.75, 3.05) is 31.3 Å². The van der Waals surface area contributed by atoms with Crippen LogP contribution in [0.1, 0.15) is 6.42 Å². The first-order valence-corrected chi connectivity index (χ1v) is 7.74. The number of amides is 1. The molecule has 1 atom stereocenters. The number of anilines is 1. The van der Waals surface area contributed by atoms with Gasteiger partial charge in [-0.3, -0.25) is 4.79 Å². The van der Waals surface area contributed by atoms with Gasteiger partial charge in [-0.25, -0.2) is 0 Å². The Bertz CT molecular complexity index is 450. The van der Waals surface area contributed by atoms with Crippen LogP contribution in [0.2, 0.25) is 5.02 Å². The van der Waals surface area contributed by atoms with Crippen molar-refractivity contribution in [1.29, 1.82) is 0 Å². The van der Waals surface area contributed by atoms with Gasteiger partial charge < -0.3 is 15.4 Å². The van der Waals surface area contributed by atoms with Crippen LogP contribution in [0.25, 0.3) is 0 Å². The molecule has 1 aliphatic rings. The molecule has 0 aromatic heterocycles. The number of rotatable bonds is 4. The summed E-state index contributed by atoms with van der Waals surface area (Å²) in [5, 5.41) is 6.76. The van der Waals surface area contributed by atoms with Crippen molar-refractivity contribution >= 4 is 35.0 Å². The van der Waals surface area contributed by atoms with E-state index in [1.807, 2.05) is 18.4 Å². The Labute approximate surface area is 122 Å². The second-order valence-corrected chi connectivity index (χ2v) is 5.58. The Morgan fingerprint density at radius 3 is 3.11 bits per heavy atom. The van der Waals surface area contributed by atoms with Crippen molar-refractivity contribution in [3.05, 3.63) is 23.2 Å². The maximum Gasteiger partial charge on any atom is 0.226 e. The minimum atomic E-state index is -0.0315. The van der Waals surface area contributed by atoms with E-state index in [0.717, 1.165) is 17.1 Å². The summed E-state index contributed by atoms with van der Waals surface area (Å²) in [7, 11) is 0. The fourth-order valence-corrected chi connectivity index (χ4v) is 2.80. The summed E-state index contributed by atoms with van der Waals surface area (Å²) in [5.74, 6) is -0.0315. The Hall–Kier alpha value is -0.750. The first-order chi connectivity index (χ1) is 9.19. The summed E-state index contributed by atoms with van der Waals surface area (Å²) in [5.41, 5.74) is 0.726. The van der Waals surface area contributed by atoms with Gasteiger partial charge in [0.05, 0.1) is 18.2 Å². The quantitative estimate of drug-likeness (QED) is 0.838. The Balaban J connectivity index is 1.89. The van der Waals surface area contributed by atoms with Crippen molar-refractivity contribution in [3.8, 4) is 0 Å². The third-order valence-corrected chi connectivity index (χ3v) is 4.09. The van der Waals surface area contributed by atoms with Crippen LogP contribution in [0.5, 0.6) is 0 Å². The van der Waals surface area contributed by atoms with E-state index in [1.54, 1.807) is 17.8 Å². The molecule has 0 bridgehead atoms. The lowest BCUT2D eigenvalue weighted by atomic mass is 10.2. The van der Waals surface area contributed by atoms with Gasteiger partial charge in [0.25, 0.3) is 0 Å². The number of carbonyl (C=O) groups is 1. The van der Waals surface area contributed by atoms with Gasteiger partial charge in [0.15, 0.2) is 0 Å². The molecule has 6 heteroatoms. The van der Waals surface area contributed by atoms with Gasteiger partial charge in [0.1, 0.15) is 0 Å². The molecule has 2 rings (SSSR count). The summed E-state index contributed by atoms with van der Waals surface area (Å²) in [4.78, 5) is 12.9. The third kappa shape index (κ3) is 4.38. The molecule has 4 nitrogen and oxygen atoms in total. The average molecular weight is 301 g/mol. The molecule has 1 fully saturated rings. The molecule has 104 valence electrons. The molecule has 2 N–H and O–H groups in total. The normalized spacial score (nSPS) is 19.2. The molecule has 1 amide bonds. The van der Waals surface area contributed by atoms with E-state index < -0.39 is 0 Å². The number of thioether (sulfide) groups is 1. The molecule has 1 aromatic carbocycles. The second kappa shape index (κ2) is 7.14. The van der Waals surface area contributed by atoms with Crippen molar-refractivity contribution in [2.45, 2.75) is 17.4 Å². The SMILES string of the molecule is CSc1ccc(NC(=O)CC2COCCN2)cc1Cl. The van der Waals surface area contributed by atoms with Gasteiger partial charge in [-0.15, -0.1) is 11.8 Å². The number of hydrogen-bond donors (Lipinski definition) is 2. The molecular weight excluding hydrogens is 284 g/mol. The second-order valence-electron chi connectivity index (χ2n) is 4.33. The minimum Gasteiger partial charge on any atom is -0.378 e. The molecule has 0 spiro atoms. The van der Waals surface area contributed by atoms with Crippen molar-refractivity contribution in [2.24, 2.45) is 0 Å². The van der Waals surface area contributed by atoms with E-state index in [4.69, 9.17) is 16.3 Å². The first kappa shape index (κ1) is 14.7. The highest BCUT2D eigenvalue weighted by Gasteiger charge is 2.17. The van der Waals surface area contributed by atoms with Crippen LogP contribution in [-0.2, 0) is 9.53 Å². The Morgan fingerprint density at radius 2 is 2.47 bits per heavy atom. The topological polar surface area (TPSA) is 50.4 Å². The third-order valence-electron chi connectivity index (χ3n) is 2.87. The van der Waals surface area contributed by atoms with E-state index in [-0.39, 0.29) is 11.9 Å². The molecule has 1 heterocycles. The number of nitrogens with one attached hydrogen (secondary N) is 2. The zero-order valence-corrected chi connectivity index (χ0v) is 12.3. The van der Waals surface area contributed by atoms with Crippen LogP contribution in [0.15, 0.2) is 23.1 Å². The van der Waals surface area contributed by atoms with Crippen molar-refractivity contribution in [3.63, 3.8) is 0 Å². The van der Waals surface area contributed by atoms with E-state index in [0.29, 0.717) is 24.7 Å². The number of halogens is 1. The molecular formula is C13H17ClN2O2S. The molecule has 0 aliphatic carbocycles. The van der Waals surface area contributed by atoms with Gasteiger partial charge in [0, 0.05) is 29.6 Å². The lowest BCUT2D eigenvalue weighted by Gasteiger charge is -2.23. The van der Waals surface area contributed by atoms with Gasteiger partial charge in [-0.05, 0) is 24.5 Å². The van der Waals surface area contributed by atoms with Gasteiger partial charge in [-0.2, -0.15) is 0 Å². The number of carbonyl (C=O) groups excluding carboxylic acids is 1. The van der Waals surface area contributed by atoms with E-state index >= 15 is 0 Å². The standard InChI is InChI=1S/C13H17ClN2O2S/c1-19-12-3-2-9(6-11(12)14)16-13(17)7-10-8-18-5-4-15-10/h2-3,6,10,15H,4-5,7-8H2,1H3,(H,16,17). The van der Waals surface area contributed by atoms with Gasteiger partial charge in [0.2, 0.25) is 5.91 Å². The Kier molecular flexibility index (Phi) is 5.51. The van der Waals surface area contributed by atoms with Crippen LogP contribution < -0.4 is 10.6 Å². The fraction of sp³-hybridized carbons (Fsp3) is 0.462. The van der Waals surface area contributed by atoms with E-state index in [2.05, 4.69) is 10.6 Å². The largest absolute Gasteiger partial charge is 0.378 e. The highest BCUT2D eigenvalue weighted by atomic mass is 35.5. The highest BCUT2D eigenvalue weighted by molar-refractivity contribution is 7.98. The van der Waals surface area contributed by atoms with Gasteiger partial charge >= 0.3 is 0 Å². The fourth-order valence-electron chi connectivity index (χ4n) is 1.93. The van der Waals surface area contributed by atoms with Crippen LogP contribution in [0.4, 0.5) is 5.69 Å². The zero-order chi connectivity index (χ0) is 13.7. The molecule has 1 aromatic rings. The lowest BCUT2D eigenvalue weighted by Crippen LogP contribution is -2.43. The molecule has 1 aliphatic heterocycles. The molecule has 0 saturated carbocycles. The van der Waals surface area contributed by atoms with Crippen LogP contribution in [0, 0.1) is 0 Å². The molecule has 0 radical (unpaired) electrons. The maximum atomic E-state index is 11.9. The van der Waals surface area contributed by atoms with Crippen molar-refractivity contribution in [1.82, 2.24) is 5.32 Å². The number of benzene rings is 1. The minimum absolute atomic E-state index is 0.0315. The number of hydrogen-bond acceptors (Lipinski definition) is 4. The summed E-state index contributed by atoms with van der Waals surface area (Å²) < 4.78 is 5.32. The number of morpholine rings is 1. The molecule has 1 unspecified atom stereocenters. The van der Waals surface area contributed by atoms with Crippen LogP contribution in [-0.4, -0.2) is 38.0 Å². The monoisotopic (exact) mass is 300 g/mol. The van der Waals surface area contributed by atoms with Gasteiger partial charge in [-0.1, -0.05) is 11.6 Å². The lowest BCUT2D eigenvalue weighted by molar-refractivity contribution is -0.117. The average Bonchev–Trinajstić information content (AvgIpc) is 2.40. The highest BCUT2D eigenvalue weighted by Crippen LogP contribution is 2.27. The van der Waals surface area contributed by atoms with Crippen LogP contribution >= 0.6 is 23.4 Å². The first-order valence-electron chi connectivity index (χ1n) is 6.13. The maximum absolute atomic E-state index is 11.9. The Morgan fingerprint density at radius 1 is 1.63 bits per heavy atom. The smallest absolute Gasteiger partial charge is 0.226 e. The predicted octanol–water partition coefficient (Wildman–Crippen LogP) is 2.38. The number of ether oxygens (including phenoxy) is 1. The van der Waals surface area contributed by atoms with Crippen LogP contribution in [0.3, 0.4) is 0 Å². The van der Waals surface area contributed by atoms with E-state index in [1.165, 1.54) is 0 Å². The predicted molar refractivity (Wildman–Crippen MR) is 79.1 cm³/mol. The van der Waals surface area contributed by atoms with E-state index in [9.17, 15) is 4.79 Å². The molecule has 1 saturated heterocycles. The summed E-state index contributed by atoms with van der Waals surface area (Å²) in [6.45, 7) is 2.09.